The average molecular weight is 313 g/mol. The van der Waals surface area contributed by atoms with E-state index in [2.05, 4.69) is 10.2 Å². The predicted molar refractivity (Wildman–Crippen MR) is 81.7 cm³/mol. The molecule has 1 N–H and O–H groups in total. The Morgan fingerprint density at radius 3 is 2.22 bits per heavy atom. The van der Waals surface area contributed by atoms with Gasteiger partial charge in [-0.05, 0) is 37.3 Å². The zero-order valence-corrected chi connectivity index (χ0v) is 12.0. The second-order valence-corrected chi connectivity index (χ2v) is 4.56. The van der Waals surface area contributed by atoms with Crippen molar-refractivity contribution in [1.82, 2.24) is 0 Å². The number of hydrogen-bond acceptors (Lipinski definition) is 7. The van der Waals surface area contributed by atoms with Crippen molar-refractivity contribution >= 4 is 22.8 Å². The lowest BCUT2D eigenvalue weighted by Crippen LogP contribution is -1.99. The Kier molecular flexibility index (Phi) is 4.55. The molecule has 0 bridgehead atoms. The van der Waals surface area contributed by atoms with Gasteiger partial charge in [-0.1, -0.05) is 0 Å². The van der Waals surface area contributed by atoms with Crippen molar-refractivity contribution in [1.29, 1.82) is 0 Å². The summed E-state index contributed by atoms with van der Waals surface area (Å²) in [5.41, 5.74) is -0.386. The summed E-state index contributed by atoms with van der Waals surface area (Å²) in [5, 5.41) is 27.9. The van der Waals surface area contributed by atoms with Crippen LogP contribution < -0.4 is 5.43 Å². The lowest BCUT2D eigenvalue weighted by molar-refractivity contribution is -0.384. The highest BCUT2D eigenvalue weighted by molar-refractivity contribution is 5.97. The van der Waals surface area contributed by atoms with E-state index in [1.54, 1.807) is 0 Å². The van der Waals surface area contributed by atoms with Crippen molar-refractivity contribution in [3.8, 4) is 5.75 Å². The average Bonchev–Trinajstić information content (AvgIpc) is 2.66. The van der Waals surface area contributed by atoms with Crippen LogP contribution >= 0.6 is 0 Å². The summed E-state index contributed by atoms with van der Waals surface area (Å²) >= 11 is 0. The molecule has 0 aromatic heterocycles. The number of Topliss-reactive ketones (excluding diaryl/α,β-unsaturated/α-hetero) is 1. The van der Waals surface area contributed by atoms with Crippen LogP contribution in [0.25, 0.3) is 0 Å². The Morgan fingerprint density at radius 2 is 1.65 bits per heavy atom. The number of nitro benzene ring substituents is 1. The van der Waals surface area contributed by atoms with E-state index in [1.165, 1.54) is 43.3 Å². The van der Waals surface area contributed by atoms with E-state index >= 15 is 0 Å². The fourth-order valence-corrected chi connectivity index (χ4v) is 1.72. The quantitative estimate of drug-likeness (QED) is 0.401. The Labute approximate surface area is 129 Å². The van der Waals surface area contributed by atoms with Crippen molar-refractivity contribution in [2.45, 2.75) is 6.92 Å². The minimum absolute atomic E-state index is 0.0742. The van der Waals surface area contributed by atoms with Crippen LogP contribution in [0.3, 0.4) is 0 Å². The molecule has 2 rings (SSSR count). The van der Waals surface area contributed by atoms with Crippen molar-refractivity contribution < 1.29 is 14.8 Å². The van der Waals surface area contributed by atoms with E-state index in [0.717, 1.165) is 6.07 Å². The minimum Gasteiger partial charge on any atom is -0.504 e. The normalized spacial score (nSPS) is 10.7. The molecule has 8 heteroatoms. The molecule has 0 aliphatic carbocycles. The molecule has 0 atom stereocenters. The number of rotatable bonds is 4. The Balaban J connectivity index is 2.38. The number of carbonyl (C=O) groups is 1. The van der Waals surface area contributed by atoms with Gasteiger partial charge in [0.1, 0.15) is 0 Å². The third kappa shape index (κ3) is 3.82. The van der Waals surface area contributed by atoms with Crippen LogP contribution in [0, 0.1) is 10.1 Å². The summed E-state index contributed by atoms with van der Waals surface area (Å²) in [7, 11) is 0. The third-order valence-electron chi connectivity index (χ3n) is 2.91. The van der Waals surface area contributed by atoms with Crippen molar-refractivity contribution in [3.05, 3.63) is 68.4 Å². The van der Waals surface area contributed by atoms with Crippen LogP contribution in [-0.2, 0) is 0 Å². The third-order valence-corrected chi connectivity index (χ3v) is 2.91. The van der Waals surface area contributed by atoms with Crippen LogP contribution in [0.5, 0.6) is 5.75 Å². The van der Waals surface area contributed by atoms with Crippen molar-refractivity contribution in [2.75, 3.05) is 0 Å². The van der Waals surface area contributed by atoms with Gasteiger partial charge in [-0.3, -0.25) is 19.7 Å². The number of non-ortho nitro benzene ring substituents is 1. The highest BCUT2D eigenvalue weighted by atomic mass is 16.6. The van der Waals surface area contributed by atoms with Crippen LogP contribution in [0.4, 0.5) is 17.1 Å². The summed E-state index contributed by atoms with van der Waals surface area (Å²) in [6, 6.07) is 9.01. The van der Waals surface area contributed by atoms with E-state index < -0.39 is 21.9 Å². The van der Waals surface area contributed by atoms with Crippen LogP contribution in [0.1, 0.15) is 17.3 Å². The fourth-order valence-electron chi connectivity index (χ4n) is 1.72. The van der Waals surface area contributed by atoms with Gasteiger partial charge in [-0.15, -0.1) is 0 Å². The number of azo groups is 1. The number of aromatic hydroxyl groups is 1. The molecule has 0 radical (unpaired) electrons. The number of nitrogens with zero attached hydrogens (tertiary/aromatic N) is 3. The Morgan fingerprint density at radius 1 is 1.09 bits per heavy atom. The molecule has 0 aliphatic rings. The first kappa shape index (κ1) is 16.0. The lowest BCUT2D eigenvalue weighted by Gasteiger charge is -1.95. The van der Waals surface area contributed by atoms with E-state index in [9.17, 15) is 24.8 Å². The van der Waals surface area contributed by atoms with Crippen molar-refractivity contribution in [3.63, 3.8) is 0 Å². The smallest absolute Gasteiger partial charge is 0.269 e. The van der Waals surface area contributed by atoms with Gasteiger partial charge in [0, 0.05) is 12.1 Å². The second-order valence-electron chi connectivity index (χ2n) is 4.56. The molecular weight excluding hydrogens is 302 g/mol. The van der Waals surface area contributed by atoms with Gasteiger partial charge in [0.05, 0.1) is 21.9 Å². The fraction of sp³-hybridized carbons (Fsp3) is 0.0667. The van der Waals surface area contributed by atoms with E-state index in [-0.39, 0.29) is 16.9 Å². The van der Waals surface area contributed by atoms with Gasteiger partial charge in [0.15, 0.2) is 11.5 Å². The lowest BCUT2D eigenvalue weighted by atomic mass is 10.2. The van der Waals surface area contributed by atoms with Gasteiger partial charge < -0.3 is 5.11 Å². The summed E-state index contributed by atoms with van der Waals surface area (Å²) in [5.74, 6) is -1.13. The summed E-state index contributed by atoms with van der Waals surface area (Å²) < 4.78 is 0. The number of benzene rings is 1. The molecule has 23 heavy (non-hydrogen) atoms. The standard InChI is InChI=1S/C15H11N3O5/c1-9(19)13-8-11(4-7-14(20)15(13)21)17-16-10-2-5-12(6-3-10)18(22)23/h2-8H,1H3,(H,20,21). The molecule has 0 aliphatic heterocycles. The van der Waals surface area contributed by atoms with Gasteiger partial charge >= 0.3 is 0 Å². The first-order valence-electron chi connectivity index (χ1n) is 6.43. The minimum atomic E-state index is -0.702. The highest BCUT2D eigenvalue weighted by Crippen LogP contribution is 2.22. The number of hydrogen-bond donors (Lipinski definition) is 1. The summed E-state index contributed by atoms with van der Waals surface area (Å²) in [6.07, 6.45) is 0. The van der Waals surface area contributed by atoms with Crippen molar-refractivity contribution in [2.24, 2.45) is 10.2 Å². The first-order valence-corrected chi connectivity index (χ1v) is 6.43. The molecule has 0 heterocycles. The molecule has 0 saturated heterocycles. The number of carbonyl (C=O) groups excluding carboxylic acids is 1. The maximum atomic E-state index is 11.5. The largest absolute Gasteiger partial charge is 0.504 e. The van der Waals surface area contributed by atoms with Gasteiger partial charge in [-0.2, -0.15) is 10.2 Å². The zero-order valence-electron chi connectivity index (χ0n) is 12.0. The topological polar surface area (TPSA) is 122 Å². The maximum absolute atomic E-state index is 11.5. The number of ketones is 1. The molecule has 0 spiro atoms. The van der Waals surface area contributed by atoms with E-state index in [1.807, 2.05) is 0 Å². The monoisotopic (exact) mass is 313 g/mol. The van der Waals surface area contributed by atoms with Crippen LogP contribution in [-0.4, -0.2) is 15.8 Å². The Bertz CT molecular complexity index is 860. The molecule has 0 fully saturated rings. The summed E-state index contributed by atoms with van der Waals surface area (Å²) in [6.45, 7) is 1.21. The SMILES string of the molecule is CC(=O)c1cc(N=Nc2ccc([N+](=O)[O-])cc2)ccc(=O)c1O. The molecule has 2 aromatic carbocycles. The van der Waals surface area contributed by atoms with Gasteiger partial charge in [-0.25, -0.2) is 0 Å². The molecule has 0 unspecified atom stereocenters. The van der Waals surface area contributed by atoms with Crippen LogP contribution in [0.2, 0.25) is 0 Å². The summed E-state index contributed by atoms with van der Waals surface area (Å²) in [4.78, 5) is 33.0. The van der Waals surface area contributed by atoms with Gasteiger partial charge in [0.2, 0.25) is 5.43 Å². The molecule has 2 aromatic rings. The van der Waals surface area contributed by atoms with Crippen LogP contribution in [0.15, 0.2) is 57.5 Å². The van der Waals surface area contributed by atoms with E-state index in [0.29, 0.717) is 5.69 Å². The molecule has 8 nitrogen and oxygen atoms in total. The van der Waals surface area contributed by atoms with E-state index in [4.69, 9.17) is 0 Å². The Hall–Kier alpha value is -3.42. The first-order chi connectivity index (χ1) is 10.9. The maximum Gasteiger partial charge on any atom is 0.269 e. The highest BCUT2D eigenvalue weighted by Gasteiger charge is 2.09. The molecular formula is C15H11N3O5. The predicted octanol–water partition coefficient (Wildman–Crippen LogP) is 3.28. The molecule has 0 saturated carbocycles. The molecule has 116 valence electrons. The second kappa shape index (κ2) is 6.56. The zero-order chi connectivity index (χ0) is 17.0. The van der Waals surface area contributed by atoms with Gasteiger partial charge in [0.25, 0.3) is 5.69 Å². The molecule has 0 amide bonds. The number of nitro groups is 1.